The molecule has 10 rings (SSSR count). The van der Waals surface area contributed by atoms with Crippen molar-refractivity contribution < 1.29 is 66.6 Å². The second-order valence-corrected chi connectivity index (χ2v) is 28.4. The van der Waals surface area contributed by atoms with Gasteiger partial charge >= 0.3 is 12.0 Å². The van der Waals surface area contributed by atoms with Crippen LogP contribution in [0.25, 0.3) is 10.8 Å². The molecule has 1 unspecified atom stereocenters. The van der Waals surface area contributed by atoms with Gasteiger partial charge < -0.3 is 82.7 Å². The van der Waals surface area contributed by atoms with Gasteiger partial charge in [-0.15, -0.1) is 0 Å². The minimum absolute atomic E-state index is 0.111. The molecule has 107 heavy (non-hydrogen) atoms. The highest BCUT2D eigenvalue weighted by Gasteiger charge is 2.40. The number of urea groups is 1. The molecule has 0 radical (unpaired) electrons. The number of benzene rings is 4. The molecule has 1 aromatic heterocycles. The lowest BCUT2D eigenvalue weighted by Crippen LogP contribution is -2.55. The third-order valence-corrected chi connectivity index (χ3v) is 20.4. The van der Waals surface area contributed by atoms with E-state index in [4.69, 9.17) is 75.8 Å². The standard InChI is InChI=1S/C79H106Cl2N12O14/c1-88(27-12-19-73(95)92-31-30-91(55-64(92)24-26-82)75-67-25-29-90(70-18-10-15-60-14-9-17-68(81)74(60)70)56-69(67)85-79(87-75)107-57-65-16-11-28-89(65)2)32-34-100-36-38-102-40-42-104-44-46-106-48-47-105-45-43-103-41-39-101-37-35-99-33-8-6-4-3-5-7-13-58-50-62(80)52-63(51-58)84-78(98)83-53-59-20-21-66-61(49-59)54-93(77(66)97)71-22-23-72(94)86-76(71)96/h9-10,12,14-15,17-21,49-52,64-65,71H,3-8,11,13,16,22-25,27-48,53-57H2,1-2H3,(H2,83,84,98)(H,86,94,96)/b19-12+/t64-,65+,71?/m0/s1. The number of nitriles is 1. The van der Waals surface area contributed by atoms with Crippen LogP contribution in [0.5, 0.6) is 6.01 Å². The summed E-state index contributed by atoms with van der Waals surface area (Å²) in [6.07, 6.45) is 14.4. The van der Waals surface area contributed by atoms with E-state index in [-0.39, 0.29) is 55.7 Å². The minimum Gasteiger partial charge on any atom is -0.462 e. The SMILES string of the molecule is CN(C/C=C/C(=O)N1CCN(c2nc(OC[C@H]3CCCN3C)nc3c2CCN(c2cccc4cccc(Cl)c24)C3)C[C@@H]1CC#N)CCOCCOCCOCCOCCOCCOCCOCCOCCCCCCCCc1cc(Cl)cc(NC(=O)NCc2ccc3c(c2)CN(C2CCC(=O)NC2=O)C3=O)c1. The van der Waals surface area contributed by atoms with Crippen LogP contribution in [0.2, 0.25) is 10.0 Å². The Morgan fingerprint density at radius 2 is 1.37 bits per heavy atom. The molecule has 26 nitrogen and oxygen atoms in total. The van der Waals surface area contributed by atoms with Crippen LogP contribution in [0.4, 0.5) is 22.0 Å². The van der Waals surface area contributed by atoms with Gasteiger partial charge in [0.05, 0.1) is 135 Å². The molecule has 5 aliphatic rings. The number of ether oxygens (including phenoxy) is 9. The van der Waals surface area contributed by atoms with Crippen LogP contribution >= 0.6 is 23.2 Å². The molecule has 3 atom stereocenters. The number of nitrogens with zero attached hydrogens (tertiary/aromatic N) is 9. The van der Waals surface area contributed by atoms with Crippen molar-refractivity contribution in [3.8, 4) is 12.1 Å². The monoisotopic (exact) mass is 1520 g/mol. The van der Waals surface area contributed by atoms with Crippen molar-refractivity contribution in [2.24, 2.45) is 0 Å². The Balaban J connectivity index is 0.472. The van der Waals surface area contributed by atoms with Gasteiger partial charge in [0.2, 0.25) is 17.7 Å². The fourth-order valence-corrected chi connectivity index (χ4v) is 14.6. The van der Waals surface area contributed by atoms with E-state index in [1.807, 2.05) is 48.4 Å². The van der Waals surface area contributed by atoms with E-state index in [2.05, 4.69) is 72.9 Å². The summed E-state index contributed by atoms with van der Waals surface area (Å²) in [4.78, 5) is 86.1. The van der Waals surface area contributed by atoms with Crippen LogP contribution in [-0.2, 0) is 84.8 Å². The van der Waals surface area contributed by atoms with Gasteiger partial charge in [-0.3, -0.25) is 24.5 Å². The number of unbranched alkanes of at least 4 members (excludes halogenated alkanes) is 5. The highest BCUT2D eigenvalue weighted by Crippen LogP contribution is 2.38. The minimum atomic E-state index is -0.681. The third-order valence-electron chi connectivity index (χ3n) is 19.8. The van der Waals surface area contributed by atoms with Gasteiger partial charge in [0, 0.05) is 110 Å². The Hall–Kier alpha value is -7.62. The Morgan fingerprint density at radius 3 is 2.06 bits per heavy atom. The molecule has 5 aromatic rings. The van der Waals surface area contributed by atoms with Gasteiger partial charge in [0.15, 0.2) is 0 Å². The second kappa shape index (κ2) is 44.1. The van der Waals surface area contributed by atoms with E-state index in [0.29, 0.717) is 198 Å². The zero-order valence-corrected chi connectivity index (χ0v) is 63.6. The number of nitrogens with one attached hydrogen (secondary N) is 3. The number of rotatable bonds is 46. The summed E-state index contributed by atoms with van der Waals surface area (Å²) in [7, 11) is 4.12. The third kappa shape index (κ3) is 25.8. The number of carbonyl (C=O) groups excluding carboxylic acids is 5. The summed E-state index contributed by atoms with van der Waals surface area (Å²) in [6.45, 7) is 14.0. The molecule has 5 aliphatic heterocycles. The number of hydrogen-bond acceptors (Lipinski definition) is 21. The number of piperazine rings is 1. The highest BCUT2D eigenvalue weighted by molar-refractivity contribution is 6.36. The molecule has 0 saturated carbocycles. The molecule has 4 aromatic carbocycles. The molecular formula is C79H106Cl2N12O14. The van der Waals surface area contributed by atoms with E-state index in [9.17, 15) is 29.2 Å². The molecule has 6 amide bonds. The van der Waals surface area contributed by atoms with Gasteiger partial charge in [-0.05, 0) is 124 Å². The summed E-state index contributed by atoms with van der Waals surface area (Å²) in [5.74, 6) is -0.307. The maximum atomic E-state index is 13.7. The van der Waals surface area contributed by atoms with E-state index >= 15 is 0 Å². The van der Waals surface area contributed by atoms with Crippen molar-refractivity contribution in [1.82, 2.24) is 40.2 Å². The molecule has 0 spiro atoms. The second-order valence-electron chi connectivity index (χ2n) is 27.6. The number of amides is 6. The molecule has 0 bridgehead atoms. The first-order chi connectivity index (χ1) is 52.3. The Kier molecular flexibility index (Phi) is 33.8. The van der Waals surface area contributed by atoms with Crippen molar-refractivity contribution >= 4 is 80.8 Å². The smallest absolute Gasteiger partial charge is 0.319 e. The lowest BCUT2D eigenvalue weighted by Gasteiger charge is -2.42. The summed E-state index contributed by atoms with van der Waals surface area (Å²) in [6, 6.07) is 24.9. The molecule has 28 heteroatoms. The van der Waals surface area contributed by atoms with E-state index in [1.165, 1.54) is 4.90 Å². The Morgan fingerprint density at radius 1 is 0.701 bits per heavy atom. The normalized spacial score (nSPS) is 17.5. The number of aromatic nitrogens is 2. The highest BCUT2D eigenvalue weighted by atomic mass is 35.5. The number of aryl methyl sites for hydroxylation is 1. The lowest BCUT2D eigenvalue weighted by atomic mass is 10.0. The fourth-order valence-electron chi connectivity index (χ4n) is 14.0. The Labute approximate surface area is 638 Å². The van der Waals surface area contributed by atoms with Crippen LogP contribution < -0.4 is 30.5 Å². The maximum Gasteiger partial charge on any atom is 0.319 e. The largest absolute Gasteiger partial charge is 0.462 e. The van der Waals surface area contributed by atoms with Crippen LogP contribution in [0.1, 0.15) is 109 Å². The van der Waals surface area contributed by atoms with Crippen LogP contribution in [-0.4, -0.2) is 250 Å². The zero-order chi connectivity index (χ0) is 75.0. The quantitative estimate of drug-likeness (QED) is 0.0186. The lowest BCUT2D eigenvalue weighted by molar-refractivity contribution is -0.137. The molecule has 3 fully saturated rings. The van der Waals surface area contributed by atoms with Crippen molar-refractivity contribution in [3.05, 3.63) is 129 Å². The number of carbonyl (C=O) groups is 5. The number of hydrogen-bond donors (Lipinski definition) is 3. The first-order valence-electron chi connectivity index (χ1n) is 37.9. The van der Waals surface area contributed by atoms with Gasteiger partial charge in [-0.2, -0.15) is 15.2 Å². The molecule has 6 heterocycles. The van der Waals surface area contributed by atoms with Crippen molar-refractivity contribution in [2.75, 3.05) is 187 Å². The van der Waals surface area contributed by atoms with Gasteiger partial charge in [-0.25, -0.2) is 4.79 Å². The number of halogens is 2. The number of anilines is 3. The van der Waals surface area contributed by atoms with Gasteiger partial charge in [-0.1, -0.05) is 91.4 Å². The first-order valence-corrected chi connectivity index (χ1v) is 38.7. The zero-order valence-electron chi connectivity index (χ0n) is 62.1. The average Bonchev–Trinajstić information content (AvgIpc) is 1.35. The van der Waals surface area contributed by atoms with Crippen LogP contribution in [0, 0.1) is 11.3 Å². The molecule has 0 aliphatic carbocycles. The number of likely N-dealkylation sites (N-methyl/N-ethyl adjacent to an activating group) is 2. The Bertz CT molecular complexity index is 3770. The number of fused-ring (bicyclic) bond motifs is 3. The van der Waals surface area contributed by atoms with Gasteiger partial charge in [0.25, 0.3) is 5.91 Å². The molecule has 3 N–H and O–H groups in total. The predicted molar refractivity (Wildman–Crippen MR) is 409 cm³/mol. The summed E-state index contributed by atoms with van der Waals surface area (Å²) in [5.41, 5.74) is 6.83. The molecule has 3 saturated heterocycles. The summed E-state index contributed by atoms with van der Waals surface area (Å²) < 4.78 is 51.7. The topological polar surface area (TPSA) is 274 Å². The first kappa shape index (κ1) is 81.9. The average molecular weight is 1520 g/mol. The summed E-state index contributed by atoms with van der Waals surface area (Å²) >= 11 is 13.2. The number of piperidine rings is 1. The van der Waals surface area contributed by atoms with Crippen molar-refractivity contribution in [1.29, 1.82) is 5.26 Å². The van der Waals surface area contributed by atoms with Gasteiger partial charge in [0.1, 0.15) is 18.5 Å². The van der Waals surface area contributed by atoms with Crippen LogP contribution in [0.15, 0.2) is 84.9 Å². The van der Waals surface area contributed by atoms with Crippen molar-refractivity contribution in [3.63, 3.8) is 0 Å². The summed E-state index contributed by atoms with van der Waals surface area (Å²) in [5, 5.41) is 21.4. The van der Waals surface area contributed by atoms with Crippen molar-refractivity contribution in [2.45, 2.75) is 121 Å². The van der Waals surface area contributed by atoms with Crippen LogP contribution in [0.3, 0.4) is 0 Å². The van der Waals surface area contributed by atoms with E-state index < -0.39 is 11.9 Å². The van der Waals surface area contributed by atoms with E-state index in [1.54, 1.807) is 24.3 Å². The predicted octanol–water partition coefficient (Wildman–Crippen LogP) is 9.19. The maximum absolute atomic E-state index is 13.7. The number of imide groups is 1. The fraction of sp³-hybridized carbons (Fsp3) is 0.570. The molecular weight excluding hydrogens is 1410 g/mol. The van der Waals surface area contributed by atoms with E-state index in [0.717, 1.165) is 121 Å². The molecule has 580 valence electrons. The number of likely N-dealkylation sites (tertiary alicyclic amines) is 1.